The molecule has 5 heteroatoms. The van der Waals surface area contributed by atoms with Crippen LogP contribution in [0, 0.1) is 11.6 Å². The minimum Gasteiger partial charge on any atom is -0.488 e. The predicted molar refractivity (Wildman–Crippen MR) is 90.6 cm³/mol. The van der Waals surface area contributed by atoms with Crippen molar-refractivity contribution in [2.75, 3.05) is 0 Å². The van der Waals surface area contributed by atoms with Gasteiger partial charge in [-0.1, -0.05) is 6.07 Å². The Bertz CT molecular complexity index is 860. The second-order valence-electron chi connectivity index (χ2n) is 5.46. The average Bonchev–Trinajstić information content (AvgIpc) is 2.48. The SMILES string of the molecule is CC(C)Oc1c(Br)cc(-c2cc(F)cc(F)c2)c2cccnc12. The molecule has 0 radical (unpaired) electrons. The molecule has 118 valence electrons. The summed E-state index contributed by atoms with van der Waals surface area (Å²) in [6.07, 6.45) is 1.65. The zero-order chi connectivity index (χ0) is 16.6. The van der Waals surface area contributed by atoms with E-state index < -0.39 is 11.6 Å². The third kappa shape index (κ3) is 3.20. The molecule has 0 unspecified atom stereocenters. The number of fused-ring (bicyclic) bond motifs is 1. The van der Waals surface area contributed by atoms with Crippen LogP contribution in [0.4, 0.5) is 8.78 Å². The summed E-state index contributed by atoms with van der Waals surface area (Å²) in [7, 11) is 0. The third-order valence-corrected chi connectivity index (χ3v) is 3.92. The number of pyridine rings is 1. The fourth-order valence-electron chi connectivity index (χ4n) is 2.48. The van der Waals surface area contributed by atoms with E-state index in [0.29, 0.717) is 26.9 Å². The monoisotopic (exact) mass is 377 g/mol. The van der Waals surface area contributed by atoms with E-state index in [2.05, 4.69) is 20.9 Å². The first-order valence-electron chi connectivity index (χ1n) is 7.16. The normalized spacial score (nSPS) is 11.2. The molecule has 0 fully saturated rings. The molecule has 0 N–H and O–H groups in total. The van der Waals surface area contributed by atoms with Gasteiger partial charge in [-0.25, -0.2) is 8.78 Å². The summed E-state index contributed by atoms with van der Waals surface area (Å²) in [5, 5.41) is 0.774. The Labute approximate surface area is 141 Å². The molecule has 0 bridgehead atoms. The lowest BCUT2D eigenvalue weighted by molar-refractivity contribution is 0.243. The molecule has 0 aliphatic heterocycles. The van der Waals surface area contributed by atoms with Gasteiger partial charge in [0.15, 0.2) is 5.75 Å². The molecule has 0 saturated heterocycles. The Kier molecular flexibility index (Phi) is 4.31. The average molecular weight is 378 g/mol. The quantitative estimate of drug-likeness (QED) is 0.581. The van der Waals surface area contributed by atoms with Gasteiger partial charge in [0.1, 0.15) is 17.2 Å². The Hall–Kier alpha value is -2.01. The molecule has 2 nitrogen and oxygen atoms in total. The highest BCUT2D eigenvalue weighted by molar-refractivity contribution is 9.10. The molecule has 2 aromatic carbocycles. The first-order valence-corrected chi connectivity index (χ1v) is 7.95. The molecule has 0 aliphatic carbocycles. The number of nitrogens with zero attached hydrogens (tertiary/aromatic N) is 1. The summed E-state index contributed by atoms with van der Waals surface area (Å²) >= 11 is 3.48. The van der Waals surface area contributed by atoms with Crippen molar-refractivity contribution in [3.8, 4) is 16.9 Å². The number of ether oxygens (including phenoxy) is 1. The van der Waals surface area contributed by atoms with Crippen LogP contribution in [0.1, 0.15) is 13.8 Å². The molecule has 3 rings (SSSR count). The maximum absolute atomic E-state index is 13.6. The highest BCUT2D eigenvalue weighted by Crippen LogP contribution is 2.40. The van der Waals surface area contributed by atoms with Crippen molar-refractivity contribution in [3.05, 3.63) is 58.7 Å². The van der Waals surface area contributed by atoms with Crippen LogP contribution in [0.3, 0.4) is 0 Å². The minimum absolute atomic E-state index is 0.0195. The van der Waals surface area contributed by atoms with E-state index in [4.69, 9.17) is 4.74 Å². The molecule has 0 amide bonds. The fourth-order valence-corrected chi connectivity index (χ4v) is 2.99. The maximum atomic E-state index is 13.6. The molecule has 0 atom stereocenters. The maximum Gasteiger partial charge on any atom is 0.160 e. The largest absolute Gasteiger partial charge is 0.488 e. The van der Waals surface area contributed by atoms with E-state index in [-0.39, 0.29) is 6.10 Å². The van der Waals surface area contributed by atoms with Gasteiger partial charge in [0.25, 0.3) is 0 Å². The molecule has 3 aromatic rings. The molecule has 23 heavy (non-hydrogen) atoms. The van der Waals surface area contributed by atoms with Gasteiger partial charge in [0.05, 0.1) is 10.6 Å². The molecule has 0 spiro atoms. The van der Waals surface area contributed by atoms with Crippen LogP contribution in [-0.2, 0) is 0 Å². The number of halogens is 3. The summed E-state index contributed by atoms with van der Waals surface area (Å²) in [5.41, 5.74) is 1.79. The summed E-state index contributed by atoms with van der Waals surface area (Å²) in [6.45, 7) is 3.86. The second kappa shape index (κ2) is 6.24. The highest BCUT2D eigenvalue weighted by atomic mass is 79.9. The first-order chi connectivity index (χ1) is 11.0. The summed E-state index contributed by atoms with van der Waals surface area (Å²) < 4.78 is 33.7. The third-order valence-electron chi connectivity index (χ3n) is 3.33. The van der Waals surface area contributed by atoms with Crippen molar-refractivity contribution in [1.82, 2.24) is 4.98 Å². The van der Waals surface area contributed by atoms with Crippen LogP contribution in [0.2, 0.25) is 0 Å². The summed E-state index contributed by atoms with van der Waals surface area (Å²) in [4.78, 5) is 4.38. The van der Waals surface area contributed by atoms with Crippen LogP contribution in [-0.4, -0.2) is 11.1 Å². The molecule has 0 saturated carbocycles. The molecular formula is C18H14BrF2NO. The van der Waals surface area contributed by atoms with Crippen LogP contribution >= 0.6 is 15.9 Å². The summed E-state index contributed by atoms with van der Waals surface area (Å²) in [5.74, 6) is -0.609. The number of hydrogen-bond acceptors (Lipinski definition) is 2. The van der Waals surface area contributed by atoms with Crippen molar-refractivity contribution in [2.45, 2.75) is 20.0 Å². The lowest BCUT2D eigenvalue weighted by Crippen LogP contribution is -2.07. The minimum atomic E-state index is -0.615. The van der Waals surface area contributed by atoms with Gasteiger partial charge in [-0.15, -0.1) is 0 Å². The van der Waals surface area contributed by atoms with Gasteiger partial charge in [-0.05, 0) is 65.2 Å². The number of hydrogen-bond donors (Lipinski definition) is 0. The van der Waals surface area contributed by atoms with Gasteiger partial charge in [-0.3, -0.25) is 4.98 Å². The van der Waals surface area contributed by atoms with Crippen molar-refractivity contribution in [1.29, 1.82) is 0 Å². The Morgan fingerprint density at radius 2 is 1.78 bits per heavy atom. The Morgan fingerprint density at radius 1 is 1.09 bits per heavy atom. The van der Waals surface area contributed by atoms with Crippen molar-refractivity contribution in [2.24, 2.45) is 0 Å². The van der Waals surface area contributed by atoms with Crippen LogP contribution in [0.5, 0.6) is 5.75 Å². The fraction of sp³-hybridized carbons (Fsp3) is 0.167. The molecule has 0 aliphatic rings. The van der Waals surface area contributed by atoms with E-state index in [0.717, 1.165) is 11.5 Å². The molecule has 1 aromatic heterocycles. The number of benzene rings is 2. The standard InChI is InChI=1S/C18H14BrF2NO/c1-10(2)23-18-16(19)9-15(14-4-3-5-22-17(14)18)11-6-12(20)8-13(21)7-11/h3-10H,1-2H3. The van der Waals surface area contributed by atoms with E-state index >= 15 is 0 Å². The second-order valence-corrected chi connectivity index (χ2v) is 6.31. The molecule has 1 heterocycles. The number of rotatable bonds is 3. The zero-order valence-corrected chi connectivity index (χ0v) is 14.2. The van der Waals surface area contributed by atoms with Crippen LogP contribution in [0.25, 0.3) is 22.0 Å². The Morgan fingerprint density at radius 3 is 2.43 bits per heavy atom. The topological polar surface area (TPSA) is 22.1 Å². The first kappa shape index (κ1) is 15.9. The number of aromatic nitrogens is 1. The smallest absolute Gasteiger partial charge is 0.160 e. The lowest BCUT2D eigenvalue weighted by atomic mass is 10.00. The zero-order valence-electron chi connectivity index (χ0n) is 12.6. The van der Waals surface area contributed by atoms with Gasteiger partial charge in [0, 0.05) is 17.6 Å². The Balaban J connectivity index is 2.30. The van der Waals surface area contributed by atoms with Crippen LogP contribution in [0.15, 0.2) is 47.1 Å². The van der Waals surface area contributed by atoms with Gasteiger partial charge >= 0.3 is 0 Å². The van der Waals surface area contributed by atoms with E-state index in [1.54, 1.807) is 18.3 Å². The van der Waals surface area contributed by atoms with Crippen LogP contribution < -0.4 is 4.74 Å². The van der Waals surface area contributed by atoms with E-state index in [9.17, 15) is 8.78 Å². The summed E-state index contributed by atoms with van der Waals surface area (Å²) in [6, 6.07) is 8.92. The van der Waals surface area contributed by atoms with Crippen molar-refractivity contribution < 1.29 is 13.5 Å². The molecular weight excluding hydrogens is 364 g/mol. The predicted octanol–water partition coefficient (Wildman–Crippen LogP) is 5.73. The lowest BCUT2D eigenvalue weighted by Gasteiger charge is -2.16. The highest BCUT2D eigenvalue weighted by Gasteiger charge is 2.16. The van der Waals surface area contributed by atoms with Gasteiger partial charge < -0.3 is 4.74 Å². The van der Waals surface area contributed by atoms with Gasteiger partial charge in [-0.2, -0.15) is 0 Å². The van der Waals surface area contributed by atoms with E-state index in [1.807, 2.05) is 19.9 Å². The van der Waals surface area contributed by atoms with E-state index in [1.165, 1.54) is 12.1 Å². The van der Waals surface area contributed by atoms with Crippen molar-refractivity contribution >= 4 is 26.8 Å². The van der Waals surface area contributed by atoms with Gasteiger partial charge in [0.2, 0.25) is 0 Å². The van der Waals surface area contributed by atoms with Crippen molar-refractivity contribution in [3.63, 3.8) is 0 Å².